The van der Waals surface area contributed by atoms with Crippen LogP contribution >= 0.6 is 0 Å². The Morgan fingerprint density at radius 1 is 1.25 bits per heavy atom. The first kappa shape index (κ1) is 12.1. The van der Waals surface area contributed by atoms with Crippen molar-refractivity contribution in [2.45, 2.75) is 52.4 Å². The summed E-state index contributed by atoms with van der Waals surface area (Å²) in [6.45, 7) is 6.22. The van der Waals surface area contributed by atoms with E-state index in [0.717, 1.165) is 38.9 Å². The van der Waals surface area contributed by atoms with Crippen molar-refractivity contribution >= 4 is 5.78 Å². The minimum Gasteiger partial charge on any atom is -0.381 e. The van der Waals surface area contributed by atoms with E-state index < -0.39 is 0 Å². The van der Waals surface area contributed by atoms with Gasteiger partial charge in [0.05, 0.1) is 0 Å². The van der Waals surface area contributed by atoms with Crippen LogP contribution in [0.25, 0.3) is 0 Å². The van der Waals surface area contributed by atoms with Crippen LogP contribution in [0.4, 0.5) is 0 Å². The van der Waals surface area contributed by atoms with Crippen molar-refractivity contribution < 1.29 is 9.53 Å². The van der Waals surface area contributed by atoms with Crippen molar-refractivity contribution in [1.82, 2.24) is 0 Å². The molecular weight excluding hydrogens is 200 g/mol. The lowest BCUT2D eigenvalue weighted by Crippen LogP contribution is -2.28. The molecular formula is C14H24O2. The fourth-order valence-corrected chi connectivity index (χ4v) is 3.30. The SMILES string of the molecule is CC1(C)CCCC1C(=O)CC1CCOCC1. The summed E-state index contributed by atoms with van der Waals surface area (Å²) in [5.41, 5.74) is 0.252. The molecule has 1 aliphatic carbocycles. The molecule has 1 aliphatic heterocycles. The molecule has 16 heavy (non-hydrogen) atoms. The van der Waals surface area contributed by atoms with Crippen molar-refractivity contribution in [3.8, 4) is 0 Å². The fraction of sp³-hybridized carbons (Fsp3) is 0.929. The first-order valence-corrected chi connectivity index (χ1v) is 6.70. The molecule has 1 saturated heterocycles. The van der Waals surface area contributed by atoms with Crippen molar-refractivity contribution in [3.05, 3.63) is 0 Å². The minimum atomic E-state index is 0.252. The summed E-state index contributed by atoms with van der Waals surface area (Å²) in [4.78, 5) is 12.3. The summed E-state index contributed by atoms with van der Waals surface area (Å²) in [5.74, 6) is 1.45. The number of hydrogen-bond donors (Lipinski definition) is 0. The molecule has 1 unspecified atom stereocenters. The minimum absolute atomic E-state index is 0.252. The third kappa shape index (κ3) is 2.65. The maximum atomic E-state index is 12.3. The van der Waals surface area contributed by atoms with Crippen LogP contribution in [0.2, 0.25) is 0 Å². The average molecular weight is 224 g/mol. The fourth-order valence-electron chi connectivity index (χ4n) is 3.30. The van der Waals surface area contributed by atoms with Gasteiger partial charge in [0, 0.05) is 25.6 Å². The van der Waals surface area contributed by atoms with Gasteiger partial charge in [0.1, 0.15) is 5.78 Å². The average Bonchev–Trinajstić information content (AvgIpc) is 2.59. The molecule has 1 atom stereocenters. The van der Waals surface area contributed by atoms with Crippen LogP contribution < -0.4 is 0 Å². The van der Waals surface area contributed by atoms with E-state index in [1.54, 1.807) is 0 Å². The van der Waals surface area contributed by atoms with Crippen molar-refractivity contribution in [2.75, 3.05) is 13.2 Å². The van der Waals surface area contributed by atoms with Crippen LogP contribution in [0, 0.1) is 17.3 Å². The van der Waals surface area contributed by atoms with Crippen LogP contribution in [0.1, 0.15) is 52.4 Å². The van der Waals surface area contributed by atoms with Crippen LogP contribution in [-0.4, -0.2) is 19.0 Å². The molecule has 0 spiro atoms. The van der Waals surface area contributed by atoms with E-state index >= 15 is 0 Å². The highest BCUT2D eigenvalue weighted by molar-refractivity contribution is 5.82. The standard InChI is InChI=1S/C14H24O2/c1-14(2)7-3-4-12(14)13(15)10-11-5-8-16-9-6-11/h11-12H,3-10H2,1-2H3. The van der Waals surface area contributed by atoms with Crippen LogP contribution in [0.15, 0.2) is 0 Å². The summed E-state index contributed by atoms with van der Waals surface area (Å²) in [6, 6.07) is 0. The van der Waals surface area contributed by atoms with E-state index in [4.69, 9.17) is 4.74 Å². The van der Waals surface area contributed by atoms with E-state index in [1.807, 2.05) is 0 Å². The van der Waals surface area contributed by atoms with Gasteiger partial charge in [-0.2, -0.15) is 0 Å². The lowest BCUT2D eigenvalue weighted by molar-refractivity contribution is -0.127. The summed E-state index contributed by atoms with van der Waals surface area (Å²) in [6.07, 6.45) is 6.54. The van der Waals surface area contributed by atoms with Gasteiger partial charge in [-0.1, -0.05) is 20.3 Å². The molecule has 2 fully saturated rings. The number of ether oxygens (including phenoxy) is 1. The summed E-state index contributed by atoms with van der Waals surface area (Å²) >= 11 is 0. The first-order chi connectivity index (χ1) is 7.59. The van der Waals surface area contributed by atoms with Gasteiger partial charge in [-0.3, -0.25) is 4.79 Å². The largest absolute Gasteiger partial charge is 0.381 e. The lowest BCUT2D eigenvalue weighted by atomic mass is 9.76. The second kappa shape index (κ2) is 4.87. The Bertz CT molecular complexity index is 251. The molecule has 0 aromatic rings. The molecule has 0 radical (unpaired) electrons. The number of ketones is 1. The van der Waals surface area contributed by atoms with Crippen molar-refractivity contribution in [1.29, 1.82) is 0 Å². The van der Waals surface area contributed by atoms with Crippen LogP contribution in [0.3, 0.4) is 0 Å². The van der Waals surface area contributed by atoms with Crippen molar-refractivity contribution in [2.24, 2.45) is 17.3 Å². The lowest BCUT2D eigenvalue weighted by Gasteiger charge is -2.28. The highest BCUT2D eigenvalue weighted by Crippen LogP contribution is 2.44. The zero-order valence-electron chi connectivity index (χ0n) is 10.6. The predicted octanol–water partition coefficient (Wildman–Crippen LogP) is 3.20. The second-order valence-electron chi connectivity index (χ2n) is 6.16. The van der Waals surface area contributed by atoms with Gasteiger partial charge < -0.3 is 4.74 Å². The van der Waals surface area contributed by atoms with Gasteiger partial charge in [-0.05, 0) is 37.0 Å². The topological polar surface area (TPSA) is 26.3 Å². The van der Waals surface area contributed by atoms with Gasteiger partial charge in [0.15, 0.2) is 0 Å². The molecule has 2 heteroatoms. The second-order valence-corrected chi connectivity index (χ2v) is 6.16. The maximum Gasteiger partial charge on any atom is 0.136 e. The number of carbonyl (C=O) groups excluding carboxylic acids is 1. The summed E-state index contributed by atoms with van der Waals surface area (Å²) in [7, 11) is 0. The number of Topliss-reactive ketones (excluding diaryl/α,β-unsaturated/α-hetero) is 1. The molecule has 92 valence electrons. The number of rotatable bonds is 3. The zero-order valence-corrected chi connectivity index (χ0v) is 10.6. The Labute approximate surface area is 98.7 Å². The summed E-state index contributed by atoms with van der Waals surface area (Å²) < 4.78 is 5.34. The maximum absolute atomic E-state index is 12.3. The highest BCUT2D eigenvalue weighted by atomic mass is 16.5. The normalized spacial score (nSPS) is 30.5. The Hall–Kier alpha value is -0.370. The molecule has 0 bridgehead atoms. The molecule has 1 heterocycles. The predicted molar refractivity (Wildman–Crippen MR) is 64.3 cm³/mol. The molecule has 1 saturated carbocycles. The highest BCUT2D eigenvalue weighted by Gasteiger charge is 2.39. The molecule has 0 aromatic heterocycles. The van der Waals surface area contributed by atoms with Gasteiger partial charge in [0.2, 0.25) is 0 Å². The van der Waals surface area contributed by atoms with Gasteiger partial charge >= 0.3 is 0 Å². The molecule has 2 rings (SSSR count). The molecule has 0 N–H and O–H groups in total. The van der Waals surface area contributed by atoms with E-state index in [-0.39, 0.29) is 5.41 Å². The van der Waals surface area contributed by atoms with Crippen molar-refractivity contribution in [3.63, 3.8) is 0 Å². The van der Waals surface area contributed by atoms with Gasteiger partial charge in [-0.15, -0.1) is 0 Å². The Morgan fingerprint density at radius 2 is 1.94 bits per heavy atom. The third-order valence-corrected chi connectivity index (χ3v) is 4.48. The van der Waals surface area contributed by atoms with Crippen LogP contribution in [-0.2, 0) is 9.53 Å². The summed E-state index contributed by atoms with van der Waals surface area (Å²) in [5, 5.41) is 0. The third-order valence-electron chi connectivity index (χ3n) is 4.48. The Kier molecular flexibility index (Phi) is 3.68. The zero-order chi connectivity index (χ0) is 11.6. The van der Waals surface area contributed by atoms with Gasteiger partial charge in [-0.25, -0.2) is 0 Å². The first-order valence-electron chi connectivity index (χ1n) is 6.70. The number of hydrogen-bond acceptors (Lipinski definition) is 2. The van der Waals surface area contributed by atoms with Crippen LogP contribution in [0.5, 0.6) is 0 Å². The molecule has 2 aliphatic rings. The quantitative estimate of drug-likeness (QED) is 0.736. The van der Waals surface area contributed by atoms with Gasteiger partial charge in [0.25, 0.3) is 0 Å². The Morgan fingerprint density at radius 3 is 2.50 bits per heavy atom. The Balaban J connectivity index is 1.87. The number of carbonyl (C=O) groups is 1. The molecule has 2 nitrogen and oxygen atoms in total. The molecule has 0 aromatic carbocycles. The van der Waals surface area contributed by atoms with E-state index in [0.29, 0.717) is 17.6 Å². The van der Waals surface area contributed by atoms with E-state index in [9.17, 15) is 4.79 Å². The smallest absolute Gasteiger partial charge is 0.136 e. The monoisotopic (exact) mass is 224 g/mol. The van der Waals surface area contributed by atoms with E-state index in [2.05, 4.69) is 13.8 Å². The molecule has 0 amide bonds. The van der Waals surface area contributed by atoms with E-state index in [1.165, 1.54) is 12.8 Å².